The molecule has 0 aromatic heterocycles. The third kappa shape index (κ3) is 15.1. The molecule has 0 aliphatic rings. The summed E-state index contributed by atoms with van der Waals surface area (Å²) in [6, 6.07) is 151. The Morgan fingerprint density at radius 3 is 0.648 bits per heavy atom. The van der Waals surface area contributed by atoms with Gasteiger partial charge in [-0.3, -0.25) is 0 Å². The zero-order valence-corrected chi connectivity index (χ0v) is 61.2. The largest absolute Gasteiger partial charge is 0.310 e. The van der Waals surface area contributed by atoms with Crippen molar-refractivity contribution < 1.29 is 0 Å². The second kappa shape index (κ2) is 31.7. The van der Waals surface area contributed by atoms with E-state index in [2.05, 4.69) is 472 Å². The van der Waals surface area contributed by atoms with Crippen molar-refractivity contribution in [3.05, 3.63) is 447 Å². The number of aryl methyl sites for hydroxylation is 4. The van der Waals surface area contributed by atoms with Crippen molar-refractivity contribution in [2.75, 3.05) is 19.6 Å². The van der Waals surface area contributed by atoms with Gasteiger partial charge in [0, 0.05) is 67.3 Å². The van der Waals surface area contributed by atoms with Gasteiger partial charge in [-0.05, 0) is 214 Å². The van der Waals surface area contributed by atoms with Crippen LogP contribution in [0.2, 0.25) is 0 Å². The first-order valence-corrected chi connectivity index (χ1v) is 37.1. The number of anilines is 12. The van der Waals surface area contributed by atoms with Crippen LogP contribution in [0.3, 0.4) is 0 Å². The molecule has 4 nitrogen and oxygen atoms in total. The van der Waals surface area contributed by atoms with Crippen molar-refractivity contribution in [3.63, 3.8) is 0 Å². The first-order valence-electron chi connectivity index (χ1n) is 37.1. The maximum absolute atomic E-state index is 2.38. The number of hydrogen-bond donors (Lipinski definition) is 0. The van der Waals surface area contributed by atoms with Crippen molar-refractivity contribution in [1.82, 2.24) is 0 Å². The standard InChI is InChI=1S/3C27H21N.C23H19N/c1-20-16-18-23(19-17-20)28(26-14-6-10-21-8-2-4-12-24(21)26)27-15-7-11-22-9-3-5-13-25(22)27;1-20-10-14-25(15-11-20)28(26-16-12-21-6-2-4-8-23(21)18-26)27-17-13-22-7-3-5-9-24(22)19-27;1-20-13-16-24(17-14-20)28(25-18-15-21-7-2-3-9-23(21)19-25)27-12-6-10-22-8-4-5-11-26(22)27;1-18-11-14-22(15-12-18)24(21-9-3-2-4-10-21)23-16-13-19-7-5-6-8-20(19)17-23/h3*2-19H,1H3;2-17H,1H3. The smallest absolute Gasteiger partial charge is 0.0540 e. The summed E-state index contributed by atoms with van der Waals surface area (Å²) in [6.45, 7) is 8.50. The first-order chi connectivity index (χ1) is 53.2. The van der Waals surface area contributed by atoms with E-state index in [1.807, 2.05) is 0 Å². The average molecular weight is 1390 g/mol. The summed E-state index contributed by atoms with van der Waals surface area (Å²) >= 11 is 0. The van der Waals surface area contributed by atoms with E-state index in [0.717, 1.165) is 28.4 Å². The van der Waals surface area contributed by atoms with Crippen LogP contribution in [0, 0.1) is 27.7 Å². The molecule has 19 aromatic rings. The highest BCUT2D eigenvalue weighted by Gasteiger charge is 2.20. The van der Waals surface area contributed by atoms with Crippen LogP contribution < -0.4 is 19.6 Å². The van der Waals surface area contributed by atoms with Gasteiger partial charge in [-0.1, -0.05) is 320 Å². The maximum Gasteiger partial charge on any atom is 0.0540 e. The van der Waals surface area contributed by atoms with Gasteiger partial charge in [-0.15, -0.1) is 0 Å². The minimum absolute atomic E-state index is 1.16. The monoisotopic (exact) mass is 1390 g/mol. The molecule has 19 rings (SSSR count). The molecule has 4 heteroatoms. The predicted molar refractivity (Wildman–Crippen MR) is 466 cm³/mol. The Morgan fingerprint density at radius 2 is 0.333 bits per heavy atom. The molecule has 0 fully saturated rings. The normalized spacial score (nSPS) is 11.0. The highest BCUT2D eigenvalue weighted by atomic mass is 15.2. The van der Waals surface area contributed by atoms with Crippen molar-refractivity contribution in [1.29, 1.82) is 0 Å². The molecule has 0 radical (unpaired) electrons. The summed E-state index contributed by atoms with van der Waals surface area (Å²) in [7, 11) is 0. The van der Waals surface area contributed by atoms with E-state index in [4.69, 9.17) is 0 Å². The number of rotatable bonds is 12. The highest BCUT2D eigenvalue weighted by Crippen LogP contribution is 2.45. The highest BCUT2D eigenvalue weighted by molar-refractivity contribution is 6.05. The zero-order valence-electron chi connectivity index (χ0n) is 61.2. The Bertz CT molecular complexity index is 6120. The zero-order chi connectivity index (χ0) is 73.1. The van der Waals surface area contributed by atoms with Crippen molar-refractivity contribution >= 4 is 144 Å². The third-order valence-corrected chi connectivity index (χ3v) is 20.2. The number of hydrogen-bond acceptors (Lipinski definition) is 4. The average Bonchev–Trinajstić information content (AvgIpc) is 0.754. The van der Waals surface area contributed by atoms with Gasteiger partial charge in [0.05, 0.1) is 17.1 Å². The second-order valence-corrected chi connectivity index (χ2v) is 27.6. The topological polar surface area (TPSA) is 13.0 Å². The summed E-state index contributed by atoms with van der Waals surface area (Å²) in [5.74, 6) is 0. The molecule has 0 spiro atoms. The maximum atomic E-state index is 2.38. The second-order valence-electron chi connectivity index (χ2n) is 27.6. The summed E-state index contributed by atoms with van der Waals surface area (Å²) in [5, 5.41) is 17.5. The fourth-order valence-corrected chi connectivity index (χ4v) is 14.6. The summed E-state index contributed by atoms with van der Waals surface area (Å²) in [4.78, 5) is 9.36. The van der Waals surface area contributed by atoms with Crippen molar-refractivity contribution in [2.45, 2.75) is 27.7 Å². The van der Waals surface area contributed by atoms with E-state index >= 15 is 0 Å². The lowest BCUT2D eigenvalue weighted by atomic mass is 10.0. The Kier molecular flexibility index (Phi) is 20.1. The van der Waals surface area contributed by atoms with Gasteiger partial charge in [0.1, 0.15) is 0 Å². The molecule has 518 valence electrons. The minimum atomic E-state index is 1.16. The number of para-hydroxylation sites is 1. The van der Waals surface area contributed by atoms with Crippen LogP contribution >= 0.6 is 0 Å². The molecule has 0 saturated carbocycles. The molecule has 108 heavy (non-hydrogen) atoms. The van der Waals surface area contributed by atoms with Crippen molar-refractivity contribution in [2.24, 2.45) is 0 Å². The van der Waals surface area contributed by atoms with Gasteiger partial charge in [0.25, 0.3) is 0 Å². The first kappa shape index (κ1) is 68.6. The van der Waals surface area contributed by atoms with Gasteiger partial charge in [0.15, 0.2) is 0 Å². The SMILES string of the molecule is Cc1ccc(N(c2ccc3ccccc3c2)c2ccc3ccccc3c2)cc1.Cc1ccc(N(c2ccc3ccccc3c2)c2cccc3ccccc23)cc1.Cc1ccc(N(c2cccc3ccccc23)c2cccc3ccccc23)cc1.Cc1ccc(N(c2ccccc2)c2ccc3ccccc3c2)cc1. The fraction of sp³-hybridized carbons (Fsp3) is 0.0385. The molecule has 0 aliphatic carbocycles. The van der Waals surface area contributed by atoms with E-state index in [-0.39, 0.29) is 0 Å². The predicted octanol–water partition coefficient (Wildman–Crippen LogP) is 29.9. The fourth-order valence-electron chi connectivity index (χ4n) is 14.6. The molecule has 0 atom stereocenters. The van der Waals surface area contributed by atoms with Crippen LogP contribution in [-0.2, 0) is 0 Å². The summed E-state index contributed by atoms with van der Waals surface area (Å²) in [5.41, 5.74) is 19.1. The van der Waals surface area contributed by atoms with E-state index in [1.54, 1.807) is 0 Å². The van der Waals surface area contributed by atoms with Gasteiger partial charge in [0.2, 0.25) is 0 Å². The van der Waals surface area contributed by atoms with Crippen LogP contribution in [0.5, 0.6) is 0 Å². The Labute approximate surface area is 633 Å². The van der Waals surface area contributed by atoms with Crippen LogP contribution in [0.1, 0.15) is 22.3 Å². The van der Waals surface area contributed by atoms with Gasteiger partial charge < -0.3 is 19.6 Å². The van der Waals surface area contributed by atoms with Gasteiger partial charge in [-0.25, -0.2) is 0 Å². The Balaban J connectivity index is 0.000000110. The molecule has 0 heterocycles. The molecule has 0 N–H and O–H groups in total. The van der Waals surface area contributed by atoms with Crippen LogP contribution in [0.4, 0.5) is 68.2 Å². The molecule has 0 bridgehead atoms. The third-order valence-electron chi connectivity index (χ3n) is 20.2. The van der Waals surface area contributed by atoms with Gasteiger partial charge in [-0.2, -0.15) is 0 Å². The Hall–Kier alpha value is -13.8. The lowest BCUT2D eigenvalue weighted by Gasteiger charge is -2.28. The number of fused-ring (bicyclic) bond motifs is 7. The van der Waals surface area contributed by atoms with Crippen LogP contribution in [0.15, 0.2) is 425 Å². The molecule has 0 unspecified atom stereocenters. The summed E-state index contributed by atoms with van der Waals surface area (Å²) < 4.78 is 0. The molecule has 19 aromatic carbocycles. The quantitative estimate of drug-likeness (QED) is 0.121. The lowest BCUT2D eigenvalue weighted by Crippen LogP contribution is -2.11. The minimum Gasteiger partial charge on any atom is -0.310 e. The number of nitrogens with zero attached hydrogens (tertiary/aromatic N) is 4. The molecule has 0 saturated heterocycles. The molecular formula is C104H82N4. The van der Waals surface area contributed by atoms with Crippen molar-refractivity contribution in [3.8, 4) is 0 Å². The molecular weight excluding hydrogens is 1310 g/mol. The molecule has 0 aliphatic heterocycles. The van der Waals surface area contributed by atoms with Gasteiger partial charge >= 0.3 is 0 Å². The van der Waals surface area contributed by atoms with E-state index in [0.29, 0.717) is 0 Å². The van der Waals surface area contributed by atoms with Crippen LogP contribution in [-0.4, -0.2) is 0 Å². The van der Waals surface area contributed by atoms with E-state index < -0.39 is 0 Å². The Morgan fingerprint density at radius 1 is 0.130 bits per heavy atom. The lowest BCUT2D eigenvalue weighted by molar-refractivity contribution is 1.28. The van der Waals surface area contributed by atoms with E-state index in [9.17, 15) is 0 Å². The van der Waals surface area contributed by atoms with Crippen LogP contribution in [0.25, 0.3) is 75.4 Å². The molecule has 0 amide bonds. The van der Waals surface area contributed by atoms with E-state index in [1.165, 1.54) is 137 Å². The summed E-state index contributed by atoms with van der Waals surface area (Å²) in [6.07, 6.45) is 0. The number of benzene rings is 19.